The maximum absolute atomic E-state index is 13.1. The number of hydrogen-bond donors (Lipinski definition) is 1. The monoisotopic (exact) mass is 450 g/mol. The van der Waals surface area contributed by atoms with Gasteiger partial charge in [0, 0.05) is 34.7 Å². The number of allylic oxidation sites excluding steroid dienone is 2. The summed E-state index contributed by atoms with van der Waals surface area (Å²) < 4.78 is 1.11. The molecule has 0 radical (unpaired) electrons. The van der Waals surface area contributed by atoms with E-state index < -0.39 is 0 Å². The molecule has 1 amide bonds. The van der Waals surface area contributed by atoms with Crippen LogP contribution in [0.3, 0.4) is 0 Å². The zero-order chi connectivity index (χ0) is 20.0. The normalized spacial score (nSPS) is 26.0. The van der Waals surface area contributed by atoms with E-state index in [-0.39, 0.29) is 5.91 Å². The van der Waals surface area contributed by atoms with E-state index in [2.05, 4.69) is 76.7 Å². The number of halogens is 1. The van der Waals surface area contributed by atoms with Crippen LogP contribution in [-0.2, 0) is 0 Å². The summed E-state index contributed by atoms with van der Waals surface area (Å²) in [4.78, 5) is 15.1. The van der Waals surface area contributed by atoms with E-state index in [1.54, 1.807) is 0 Å². The number of likely N-dealkylation sites (tertiary alicyclic amines) is 1. The third-order valence-corrected chi connectivity index (χ3v) is 7.44. The lowest BCUT2D eigenvalue weighted by molar-refractivity contribution is 0.0697. The predicted octanol–water partition coefficient (Wildman–Crippen LogP) is 6.15. The maximum atomic E-state index is 13.1. The summed E-state index contributed by atoms with van der Waals surface area (Å²) in [5.74, 6) is 1.78. The van der Waals surface area contributed by atoms with Gasteiger partial charge in [-0.3, -0.25) is 4.79 Å². The summed E-state index contributed by atoms with van der Waals surface area (Å²) in [7, 11) is 0. The molecule has 5 rings (SSSR count). The van der Waals surface area contributed by atoms with Crippen LogP contribution in [0.1, 0.15) is 59.6 Å². The molecule has 0 saturated carbocycles. The number of fused-ring (bicyclic) bond motifs is 3. The Bertz CT molecular complexity index is 944. The quantitative estimate of drug-likeness (QED) is 0.556. The molecule has 3 aliphatic rings. The van der Waals surface area contributed by atoms with Gasteiger partial charge in [-0.25, -0.2) is 0 Å². The van der Waals surface area contributed by atoms with Crippen LogP contribution in [-0.4, -0.2) is 23.9 Å². The fourth-order valence-electron chi connectivity index (χ4n) is 5.12. The van der Waals surface area contributed by atoms with Gasteiger partial charge in [0.05, 0.1) is 6.04 Å². The van der Waals surface area contributed by atoms with Gasteiger partial charge < -0.3 is 10.2 Å². The molecule has 1 N–H and O–H groups in total. The van der Waals surface area contributed by atoms with Crippen LogP contribution in [0.15, 0.2) is 59.1 Å². The van der Waals surface area contributed by atoms with Gasteiger partial charge in [-0.2, -0.15) is 0 Å². The molecular weight excluding hydrogens is 424 g/mol. The number of carbonyl (C=O) groups is 1. The van der Waals surface area contributed by atoms with E-state index in [0.29, 0.717) is 17.9 Å². The molecule has 0 spiro atoms. The second-order valence-corrected chi connectivity index (χ2v) is 9.72. The number of nitrogens with zero attached hydrogens (tertiary/aromatic N) is 1. The summed E-state index contributed by atoms with van der Waals surface area (Å²) >= 11 is 3.54. The number of benzene rings is 2. The van der Waals surface area contributed by atoms with Gasteiger partial charge in [0.15, 0.2) is 0 Å². The Kier molecular flexibility index (Phi) is 4.99. The van der Waals surface area contributed by atoms with Crippen LogP contribution >= 0.6 is 15.9 Å². The van der Waals surface area contributed by atoms with Crippen LogP contribution in [0.25, 0.3) is 0 Å². The van der Waals surface area contributed by atoms with Crippen molar-refractivity contribution >= 4 is 27.5 Å². The summed E-state index contributed by atoms with van der Waals surface area (Å²) in [5, 5.41) is 3.78. The van der Waals surface area contributed by atoms with Gasteiger partial charge in [0.2, 0.25) is 0 Å². The van der Waals surface area contributed by atoms with Crippen molar-refractivity contribution < 1.29 is 4.79 Å². The van der Waals surface area contributed by atoms with Crippen LogP contribution in [0.2, 0.25) is 0 Å². The molecule has 2 heterocycles. The average Bonchev–Trinajstić information content (AvgIpc) is 3.24. The smallest absolute Gasteiger partial charge is 0.253 e. The first kappa shape index (κ1) is 18.9. The average molecular weight is 451 g/mol. The maximum Gasteiger partial charge on any atom is 0.253 e. The first-order valence-corrected chi connectivity index (χ1v) is 11.5. The van der Waals surface area contributed by atoms with Crippen molar-refractivity contribution in [2.24, 2.45) is 11.8 Å². The molecule has 0 bridgehead atoms. The van der Waals surface area contributed by atoms with Crippen LogP contribution in [0.4, 0.5) is 5.69 Å². The van der Waals surface area contributed by atoms with E-state index in [0.717, 1.165) is 54.0 Å². The fourth-order valence-corrected chi connectivity index (χ4v) is 5.39. The summed E-state index contributed by atoms with van der Waals surface area (Å²) in [5.41, 5.74) is 4.59. The molecule has 0 aromatic heterocycles. The fraction of sp³-hybridized carbons (Fsp3) is 0.400. The Morgan fingerprint density at radius 2 is 1.86 bits per heavy atom. The van der Waals surface area contributed by atoms with Crippen LogP contribution in [0, 0.1) is 11.8 Å². The predicted molar refractivity (Wildman–Crippen MR) is 121 cm³/mol. The molecule has 3 unspecified atom stereocenters. The Balaban J connectivity index is 1.44. The number of carbonyl (C=O) groups excluding carboxylic acids is 1. The Hall–Kier alpha value is -2.07. The Morgan fingerprint density at radius 3 is 2.62 bits per heavy atom. The van der Waals surface area contributed by atoms with E-state index >= 15 is 0 Å². The Morgan fingerprint density at radius 1 is 1.10 bits per heavy atom. The standard InChI is InChI=1S/C25H27BrN2O/c1-16-11-13-28(14-12-16)25(29)18-7-10-23-22(15-18)20-3-2-4-21(20)24(27-23)17-5-8-19(26)9-6-17/h2-3,5-10,15-16,20-21,24,27H,4,11-14H2,1H3. The van der Waals surface area contributed by atoms with Gasteiger partial charge in [-0.15, -0.1) is 0 Å². The third-order valence-electron chi connectivity index (χ3n) is 6.91. The molecule has 29 heavy (non-hydrogen) atoms. The van der Waals surface area contributed by atoms with Gasteiger partial charge in [0.1, 0.15) is 0 Å². The largest absolute Gasteiger partial charge is 0.378 e. The molecule has 1 fully saturated rings. The highest BCUT2D eigenvalue weighted by Gasteiger charge is 2.38. The van der Waals surface area contributed by atoms with E-state index in [1.807, 2.05) is 11.0 Å². The minimum atomic E-state index is 0.188. The molecule has 3 nitrogen and oxygen atoms in total. The Labute approximate surface area is 181 Å². The van der Waals surface area contributed by atoms with Gasteiger partial charge in [0.25, 0.3) is 5.91 Å². The summed E-state index contributed by atoms with van der Waals surface area (Å²) in [6, 6.07) is 15.2. The number of piperidine rings is 1. The second kappa shape index (κ2) is 7.64. The van der Waals surface area contributed by atoms with Gasteiger partial charge >= 0.3 is 0 Å². The number of hydrogen-bond acceptors (Lipinski definition) is 2. The van der Waals surface area contributed by atoms with E-state index in [9.17, 15) is 4.79 Å². The van der Waals surface area contributed by atoms with Crippen molar-refractivity contribution in [2.75, 3.05) is 18.4 Å². The highest BCUT2D eigenvalue weighted by molar-refractivity contribution is 9.10. The van der Waals surface area contributed by atoms with Crippen molar-refractivity contribution in [1.82, 2.24) is 4.90 Å². The molecule has 2 aromatic rings. The van der Waals surface area contributed by atoms with Crippen molar-refractivity contribution in [1.29, 1.82) is 0 Å². The minimum absolute atomic E-state index is 0.188. The summed E-state index contributed by atoms with van der Waals surface area (Å²) in [6.07, 6.45) is 7.94. The zero-order valence-electron chi connectivity index (χ0n) is 16.8. The van der Waals surface area contributed by atoms with E-state index in [4.69, 9.17) is 0 Å². The third kappa shape index (κ3) is 3.52. The van der Waals surface area contributed by atoms with Crippen molar-refractivity contribution in [3.63, 3.8) is 0 Å². The van der Waals surface area contributed by atoms with Crippen LogP contribution in [0.5, 0.6) is 0 Å². The molecular formula is C25H27BrN2O. The molecule has 4 heteroatoms. The highest BCUT2D eigenvalue weighted by atomic mass is 79.9. The molecule has 1 aliphatic carbocycles. The molecule has 1 saturated heterocycles. The minimum Gasteiger partial charge on any atom is -0.378 e. The summed E-state index contributed by atoms with van der Waals surface area (Å²) in [6.45, 7) is 4.04. The van der Waals surface area contributed by atoms with Gasteiger partial charge in [-0.1, -0.05) is 47.1 Å². The second-order valence-electron chi connectivity index (χ2n) is 8.80. The lowest BCUT2D eigenvalue weighted by Crippen LogP contribution is -2.38. The van der Waals surface area contributed by atoms with Crippen LogP contribution < -0.4 is 5.32 Å². The number of amides is 1. The van der Waals surface area contributed by atoms with Crippen molar-refractivity contribution in [3.05, 3.63) is 75.8 Å². The number of anilines is 1. The first-order chi connectivity index (χ1) is 14.1. The molecule has 150 valence electrons. The molecule has 2 aromatic carbocycles. The number of nitrogens with one attached hydrogen (secondary N) is 1. The van der Waals surface area contributed by atoms with Crippen molar-refractivity contribution in [3.8, 4) is 0 Å². The lowest BCUT2D eigenvalue weighted by Gasteiger charge is -2.38. The van der Waals surface area contributed by atoms with E-state index in [1.165, 1.54) is 11.1 Å². The van der Waals surface area contributed by atoms with Gasteiger partial charge in [-0.05, 0) is 72.6 Å². The highest BCUT2D eigenvalue weighted by Crippen LogP contribution is 2.50. The number of rotatable bonds is 2. The van der Waals surface area contributed by atoms with Crippen molar-refractivity contribution in [2.45, 2.75) is 38.1 Å². The first-order valence-electron chi connectivity index (χ1n) is 10.7. The molecule has 2 aliphatic heterocycles. The SMILES string of the molecule is CC1CCN(C(=O)c2ccc3c(c2)C2C=CCC2C(c2ccc(Br)cc2)N3)CC1. The lowest BCUT2D eigenvalue weighted by atomic mass is 9.76. The zero-order valence-corrected chi connectivity index (χ0v) is 18.4. The molecule has 3 atom stereocenters. The topological polar surface area (TPSA) is 32.3 Å².